The van der Waals surface area contributed by atoms with Crippen LogP contribution < -0.4 is 14.7 Å². The van der Waals surface area contributed by atoms with Gasteiger partial charge in [0.1, 0.15) is 32.7 Å². The Kier molecular flexibility index (Phi) is 4.89. The Hall–Kier alpha value is -2.02. The van der Waals surface area contributed by atoms with E-state index in [2.05, 4.69) is 40.2 Å². The predicted molar refractivity (Wildman–Crippen MR) is 102 cm³/mol. The highest BCUT2D eigenvalue weighted by molar-refractivity contribution is 9.10. The molecule has 2 heterocycles. The molecule has 2 aliphatic rings. The van der Waals surface area contributed by atoms with E-state index >= 15 is 0 Å². The summed E-state index contributed by atoms with van der Waals surface area (Å²) in [5.41, 5.74) is 2.62. The van der Waals surface area contributed by atoms with Gasteiger partial charge in [-0.3, -0.25) is 14.5 Å². The number of anilines is 1. The van der Waals surface area contributed by atoms with Crippen molar-refractivity contribution in [1.29, 1.82) is 0 Å². The molecule has 1 fully saturated rings. The first kappa shape index (κ1) is 17.4. The van der Waals surface area contributed by atoms with Crippen molar-refractivity contribution < 1.29 is 19.4 Å². The van der Waals surface area contributed by atoms with E-state index in [-0.39, 0.29) is 0 Å². The van der Waals surface area contributed by atoms with Gasteiger partial charge in [0, 0.05) is 10.0 Å². The van der Waals surface area contributed by atoms with Crippen LogP contribution >= 0.6 is 15.9 Å². The average Bonchev–Trinajstić information content (AvgIpc) is 2.89. The third-order valence-corrected chi connectivity index (χ3v) is 5.77. The van der Waals surface area contributed by atoms with Crippen LogP contribution in [-0.2, 0) is 11.3 Å². The first-order valence-corrected chi connectivity index (χ1v) is 9.78. The number of ketones is 1. The summed E-state index contributed by atoms with van der Waals surface area (Å²) >= 11 is 3.37. The van der Waals surface area contributed by atoms with Crippen LogP contribution in [0.15, 0.2) is 53.0 Å². The van der Waals surface area contributed by atoms with Crippen molar-refractivity contribution in [3.8, 4) is 0 Å². The van der Waals surface area contributed by atoms with E-state index in [1.54, 1.807) is 15.9 Å². The Morgan fingerprint density at radius 2 is 1.62 bits per heavy atom. The number of hydrogen-bond donors (Lipinski definition) is 2. The minimum atomic E-state index is -0.398. The number of fused-ring (bicyclic) bond motifs is 1. The number of carbonyl (C=O) groups is 2. The van der Waals surface area contributed by atoms with Gasteiger partial charge in [-0.25, -0.2) is 0 Å². The van der Waals surface area contributed by atoms with Crippen LogP contribution in [0, 0.1) is 0 Å². The Morgan fingerprint density at radius 3 is 2.35 bits per heavy atom. The molecular formula is C20H22BrN3O2+2. The molecule has 1 amide bonds. The van der Waals surface area contributed by atoms with Gasteiger partial charge in [-0.2, -0.15) is 0 Å². The Labute approximate surface area is 161 Å². The van der Waals surface area contributed by atoms with Gasteiger partial charge < -0.3 is 9.80 Å². The molecule has 26 heavy (non-hydrogen) atoms. The smallest absolute Gasteiger partial charge is 0.303 e. The van der Waals surface area contributed by atoms with E-state index in [0.29, 0.717) is 12.2 Å². The predicted octanol–water partition coefficient (Wildman–Crippen LogP) is -0.0805. The first-order valence-electron chi connectivity index (χ1n) is 8.98. The highest BCUT2D eigenvalue weighted by Crippen LogP contribution is 2.30. The van der Waals surface area contributed by atoms with E-state index in [1.807, 2.05) is 18.2 Å². The maximum Gasteiger partial charge on any atom is 0.303 e. The summed E-state index contributed by atoms with van der Waals surface area (Å²) in [7, 11) is 0. The molecule has 2 N–H and O–H groups in total. The third kappa shape index (κ3) is 3.45. The number of benzene rings is 2. The second-order valence-corrected chi connectivity index (χ2v) is 7.96. The number of quaternary nitrogens is 2. The minimum Gasteiger partial charge on any atom is -0.322 e. The van der Waals surface area contributed by atoms with E-state index in [0.717, 1.165) is 42.9 Å². The number of piperazine rings is 1. The van der Waals surface area contributed by atoms with Crippen molar-refractivity contribution in [2.24, 2.45) is 0 Å². The molecule has 0 unspecified atom stereocenters. The molecule has 4 rings (SSSR count). The first-order chi connectivity index (χ1) is 12.6. The number of rotatable bonds is 4. The van der Waals surface area contributed by atoms with Crippen molar-refractivity contribution in [1.82, 2.24) is 0 Å². The standard InChI is InChI=1S/C20H20BrN3O2/c21-16-6-7-18-17(12-16)19(25)20(26)24(18)14-23-10-8-22(9-11-23)13-15-4-2-1-3-5-15/h1-7,12H,8-11,13-14H2/p+2. The number of hydrogen-bond acceptors (Lipinski definition) is 2. The molecule has 1 saturated heterocycles. The fourth-order valence-electron chi connectivity index (χ4n) is 3.83. The van der Waals surface area contributed by atoms with Gasteiger partial charge in [-0.05, 0) is 18.2 Å². The molecule has 0 saturated carbocycles. The summed E-state index contributed by atoms with van der Waals surface area (Å²) < 4.78 is 0.824. The zero-order valence-corrected chi connectivity index (χ0v) is 16.1. The lowest BCUT2D eigenvalue weighted by Crippen LogP contribution is -3.28. The maximum atomic E-state index is 12.4. The largest absolute Gasteiger partial charge is 0.322 e. The van der Waals surface area contributed by atoms with Gasteiger partial charge in [0.05, 0.1) is 11.3 Å². The fraction of sp³-hybridized carbons (Fsp3) is 0.300. The lowest BCUT2D eigenvalue weighted by molar-refractivity contribution is -1.02. The van der Waals surface area contributed by atoms with Crippen molar-refractivity contribution in [2.45, 2.75) is 6.54 Å². The monoisotopic (exact) mass is 415 g/mol. The SMILES string of the molecule is O=C1C(=O)N(C[NH+]2CC[NH+](Cc3ccccc3)CC2)c2ccc(Br)cc21. The molecule has 0 atom stereocenters. The minimum absolute atomic E-state index is 0.394. The van der Waals surface area contributed by atoms with Crippen molar-refractivity contribution in [3.05, 3.63) is 64.1 Å². The summed E-state index contributed by atoms with van der Waals surface area (Å²) in [6.45, 7) is 5.78. The third-order valence-electron chi connectivity index (χ3n) is 5.28. The van der Waals surface area contributed by atoms with Gasteiger partial charge in [-0.1, -0.05) is 46.3 Å². The zero-order chi connectivity index (χ0) is 18.1. The van der Waals surface area contributed by atoms with Crippen LogP contribution in [0.5, 0.6) is 0 Å². The van der Waals surface area contributed by atoms with Crippen LogP contribution in [0.3, 0.4) is 0 Å². The fourth-order valence-corrected chi connectivity index (χ4v) is 4.19. The van der Waals surface area contributed by atoms with Crippen molar-refractivity contribution in [3.63, 3.8) is 0 Å². The molecular weight excluding hydrogens is 394 g/mol. The molecule has 2 aliphatic heterocycles. The lowest BCUT2D eigenvalue weighted by Gasteiger charge is -2.31. The molecule has 0 aliphatic carbocycles. The summed E-state index contributed by atoms with van der Waals surface area (Å²) in [5.74, 6) is -0.793. The Bertz CT molecular complexity index is 832. The van der Waals surface area contributed by atoms with Crippen molar-refractivity contribution >= 4 is 33.3 Å². The highest BCUT2D eigenvalue weighted by atomic mass is 79.9. The second-order valence-electron chi connectivity index (χ2n) is 7.04. The van der Waals surface area contributed by atoms with Crippen LogP contribution in [0.4, 0.5) is 5.69 Å². The van der Waals surface area contributed by atoms with Crippen LogP contribution in [0.25, 0.3) is 0 Å². The molecule has 134 valence electrons. The van der Waals surface area contributed by atoms with Gasteiger partial charge in [0.25, 0.3) is 5.78 Å². The number of halogens is 1. The molecule has 0 radical (unpaired) electrons. The number of nitrogens with zero attached hydrogens (tertiary/aromatic N) is 1. The maximum absolute atomic E-state index is 12.4. The number of carbonyl (C=O) groups excluding carboxylic acids is 2. The van der Waals surface area contributed by atoms with Crippen molar-refractivity contribution in [2.75, 3.05) is 37.7 Å². The Balaban J connectivity index is 1.38. The van der Waals surface area contributed by atoms with E-state index in [4.69, 9.17) is 0 Å². The summed E-state index contributed by atoms with van der Waals surface area (Å²) in [6.07, 6.45) is 0. The molecule has 2 aromatic rings. The summed E-state index contributed by atoms with van der Waals surface area (Å²) in [4.78, 5) is 29.2. The van der Waals surface area contributed by atoms with E-state index in [1.165, 1.54) is 10.5 Å². The normalized spacial score (nSPS) is 22.6. The van der Waals surface area contributed by atoms with E-state index in [9.17, 15) is 9.59 Å². The number of nitrogens with one attached hydrogen (secondary N) is 2. The van der Waals surface area contributed by atoms with Gasteiger partial charge in [0.15, 0.2) is 6.67 Å². The van der Waals surface area contributed by atoms with Gasteiger partial charge >= 0.3 is 5.91 Å². The lowest BCUT2D eigenvalue weighted by atomic mass is 10.1. The summed E-state index contributed by atoms with van der Waals surface area (Å²) in [6, 6.07) is 16.1. The summed E-state index contributed by atoms with van der Waals surface area (Å²) in [5, 5.41) is 0. The van der Waals surface area contributed by atoms with Crippen LogP contribution in [0.1, 0.15) is 15.9 Å². The van der Waals surface area contributed by atoms with Gasteiger partial charge in [-0.15, -0.1) is 0 Å². The number of Topliss-reactive ketones (excluding diaryl/α,β-unsaturated/α-hetero) is 1. The molecule has 2 aromatic carbocycles. The Morgan fingerprint density at radius 1 is 0.923 bits per heavy atom. The highest BCUT2D eigenvalue weighted by Gasteiger charge is 2.38. The van der Waals surface area contributed by atoms with E-state index < -0.39 is 11.7 Å². The quantitative estimate of drug-likeness (QED) is 0.686. The molecule has 0 aromatic heterocycles. The van der Waals surface area contributed by atoms with Gasteiger partial charge in [0.2, 0.25) is 0 Å². The average molecular weight is 416 g/mol. The molecule has 5 nitrogen and oxygen atoms in total. The second kappa shape index (κ2) is 7.31. The van der Waals surface area contributed by atoms with Crippen LogP contribution in [-0.4, -0.2) is 44.5 Å². The zero-order valence-electron chi connectivity index (χ0n) is 14.5. The molecule has 0 spiro atoms. The molecule has 0 bridgehead atoms. The topological polar surface area (TPSA) is 46.3 Å². The number of amides is 1. The molecule has 6 heteroatoms. The van der Waals surface area contributed by atoms with Crippen LogP contribution in [0.2, 0.25) is 0 Å².